The summed E-state index contributed by atoms with van der Waals surface area (Å²) in [6.45, 7) is 2.95. The van der Waals surface area contributed by atoms with Crippen LogP contribution >= 0.6 is 0 Å². The summed E-state index contributed by atoms with van der Waals surface area (Å²) in [5, 5.41) is 0. The average Bonchev–Trinajstić information content (AvgIpc) is 2.20. The van der Waals surface area contributed by atoms with Crippen LogP contribution in [0.1, 0.15) is 45.4 Å². The lowest BCUT2D eigenvalue weighted by Gasteiger charge is -2.54. The third-order valence-corrected chi connectivity index (χ3v) is 5.02. The second kappa shape index (κ2) is 4.30. The second-order valence-electron chi connectivity index (χ2n) is 6.53. The molecule has 0 radical (unpaired) electrons. The van der Waals surface area contributed by atoms with Gasteiger partial charge in [0, 0.05) is 12.6 Å². The topological polar surface area (TPSA) is 35.2 Å². The van der Waals surface area contributed by atoms with Crippen molar-refractivity contribution in [3.05, 3.63) is 0 Å². The van der Waals surface area contributed by atoms with Crippen molar-refractivity contribution in [2.75, 3.05) is 6.61 Å². The van der Waals surface area contributed by atoms with E-state index in [0.717, 1.165) is 36.7 Å². The van der Waals surface area contributed by atoms with Crippen LogP contribution in [0.25, 0.3) is 0 Å². The van der Waals surface area contributed by atoms with Crippen LogP contribution in [-0.4, -0.2) is 18.8 Å². The van der Waals surface area contributed by atoms with Crippen LogP contribution in [0.3, 0.4) is 0 Å². The molecule has 1 atom stereocenters. The van der Waals surface area contributed by atoms with E-state index in [0.29, 0.717) is 6.10 Å². The number of hydrogen-bond acceptors (Lipinski definition) is 2. The van der Waals surface area contributed by atoms with Gasteiger partial charge in [0.2, 0.25) is 0 Å². The summed E-state index contributed by atoms with van der Waals surface area (Å²) in [4.78, 5) is 0. The fourth-order valence-corrected chi connectivity index (χ4v) is 4.54. The van der Waals surface area contributed by atoms with E-state index in [4.69, 9.17) is 10.5 Å². The van der Waals surface area contributed by atoms with Crippen molar-refractivity contribution >= 4 is 0 Å². The van der Waals surface area contributed by atoms with E-state index in [1.165, 1.54) is 32.1 Å². The molecule has 4 aliphatic carbocycles. The molecule has 1 unspecified atom stereocenters. The van der Waals surface area contributed by atoms with E-state index in [2.05, 4.69) is 6.92 Å². The van der Waals surface area contributed by atoms with Gasteiger partial charge in [0.25, 0.3) is 0 Å². The highest BCUT2D eigenvalue weighted by Gasteiger charge is 2.48. The Morgan fingerprint density at radius 1 is 1.06 bits per heavy atom. The summed E-state index contributed by atoms with van der Waals surface area (Å²) in [6.07, 6.45) is 8.95. The van der Waals surface area contributed by atoms with E-state index >= 15 is 0 Å². The maximum atomic E-state index is 6.15. The second-order valence-corrected chi connectivity index (χ2v) is 6.53. The molecule has 0 aromatic heterocycles. The highest BCUT2D eigenvalue weighted by Crippen LogP contribution is 2.54. The Labute approximate surface area is 98.9 Å². The summed E-state index contributed by atoms with van der Waals surface area (Å²) in [6, 6.07) is 0.289. The minimum atomic E-state index is 0.289. The summed E-state index contributed by atoms with van der Waals surface area (Å²) < 4.78 is 6.15. The minimum Gasteiger partial charge on any atom is -0.378 e. The first kappa shape index (κ1) is 11.0. The minimum absolute atomic E-state index is 0.289. The van der Waals surface area contributed by atoms with Crippen molar-refractivity contribution in [2.24, 2.45) is 29.4 Å². The van der Waals surface area contributed by atoms with Gasteiger partial charge in [-0.25, -0.2) is 0 Å². The normalized spacial score (nSPS) is 47.2. The van der Waals surface area contributed by atoms with E-state index in [-0.39, 0.29) is 6.04 Å². The molecule has 4 rings (SSSR count). The first-order valence-electron chi connectivity index (χ1n) is 7.09. The summed E-state index contributed by atoms with van der Waals surface area (Å²) in [5.41, 5.74) is 5.77. The van der Waals surface area contributed by atoms with Crippen molar-refractivity contribution < 1.29 is 4.74 Å². The average molecular weight is 223 g/mol. The molecule has 16 heavy (non-hydrogen) atoms. The molecule has 4 aliphatic rings. The smallest absolute Gasteiger partial charge is 0.0631 e. The van der Waals surface area contributed by atoms with Crippen LogP contribution in [-0.2, 0) is 4.74 Å². The molecule has 0 aromatic rings. The van der Waals surface area contributed by atoms with Gasteiger partial charge in [0.15, 0.2) is 0 Å². The SMILES string of the molecule is CC(N)CCOC1C2CC3CC(C2)CC1C3. The predicted molar refractivity (Wildman–Crippen MR) is 65.1 cm³/mol. The van der Waals surface area contributed by atoms with Gasteiger partial charge in [-0.15, -0.1) is 0 Å². The molecular weight excluding hydrogens is 198 g/mol. The zero-order chi connectivity index (χ0) is 11.1. The van der Waals surface area contributed by atoms with E-state index in [1.54, 1.807) is 0 Å². The molecule has 0 amide bonds. The zero-order valence-corrected chi connectivity index (χ0v) is 10.4. The molecule has 4 fully saturated rings. The van der Waals surface area contributed by atoms with Crippen molar-refractivity contribution in [3.63, 3.8) is 0 Å². The molecule has 0 spiro atoms. The maximum Gasteiger partial charge on any atom is 0.0631 e. The first-order valence-corrected chi connectivity index (χ1v) is 7.09. The predicted octanol–water partition coefficient (Wildman–Crippen LogP) is 2.57. The molecule has 2 heteroatoms. The van der Waals surface area contributed by atoms with Crippen molar-refractivity contribution in [2.45, 2.75) is 57.6 Å². The molecule has 0 saturated heterocycles. The van der Waals surface area contributed by atoms with Crippen LogP contribution < -0.4 is 5.73 Å². The Bertz CT molecular complexity index is 223. The summed E-state index contributed by atoms with van der Waals surface area (Å²) in [7, 11) is 0. The lowest BCUT2D eigenvalue weighted by molar-refractivity contribution is -0.126. The highest BCUT2D eigenvalue weighted by atomic mass is 16.5. The number of hydrogen-bond donors (Lipinski definition) is 1. The zero-order valence-electron chi connectivity index (χ0n) is 10.4. The highest BCUT2D eigenvalue weighted by molar-refractivity contribution is 4.98. The Kier molecular flexibility index (Phi) is 2.97. The Hall–Kier alpha value is -0.0800. The lowest BCUT2D eigenvalue weighted by Crippen LogP contribution is -2.49. The van der Waals surface area contributed by atoms with Gasteiger partial charge in [0.1, 0.15) is 0 Å². The van der Waals surface area contributed by atoms with Gasteiger partial charge in [-0.3, -0.25) is 0 Å². The molecule has 0 aromatic carbocycles. The molecule has 2 nitrogen and oxygen atoms in total. The van der Waals surface area contributed by atoms with Gasteiger partial charge >= 0.3 is 0 Å². The Morgan fingerprint density at radius 2 is 1.62 bits per heavy atom. The number of ether oxygens (including phenoxy) is 1. The fraction of sp³-hybridized carbons (Fsp3) is 1.00. The van der Waals surface area contributed by atoms with Crippen molar-refractivity contribution in [3.8, 4) is 0 Å². The van der Waals surface area contributed by atoms with Crippen LogP contribution in [0.4, 0.5) is 0 Å². The van der Waals surface area contributed by atoms with Gasteiger partial charge in [-0.1, -0.05) is 0 Å². The monoisotopic (exact) mass is 223 g/mol. The third-order valence-electron chi connectivity index (χ3n) is 5.02. The van der Waals surface area contributed by atoms with Gasteiger partial charge in [-0.2, -0.15) is 0 Å². The molecule has 4 bridgehead atoms. The fourth-order valence-electron chi connectivity index (χ4n) is 4.54. The van der Waals surface area contributed by atoms with Gasteiger partial charge < -0.3 is 10.5 Å². The molecule has 92 valence electrons. The standard InChI is InChI=1S/C14H25NO/c1-9(15)2-3-16-14-12-5-10-4-11(7-12)8-13(14)6-10/h9-14H,2-8,15H2,1H3. The third kappa shape index (κ3) is 2.02. The first-order chi connectivity index (χ1) is 7.72. The van der Waals surface area contributed by atoms with Crippen molar-refractivity contribution in [1.29, 1.82) is 0 Å². The lowest BCUT2D eigenvalue weighted by atomic mass is 9.55. The van der Waals surface area contributed by atoms with Gasteiger partial charge in [-0.05, 0) is 69.1 Å². The molecule has 2 N–H and O–H groups in total. The number of nitrogens with two attached hydrogens (primary N) is 1. The largest absolute Gasteiger partial charge is 0.378 e. The van der Waals surface area contributed by atoms with E-state index in [9.17, 15) is 0 Å². The van der Waals surface area contributed by atoms with Gasteiger partial charge in [0.05, 0.1) is 6.10 Å². The maximum absolute atomic E-state index is 6.15. The molecular formula is C14H25NO. The van der Waals surface area contributed by atoms with Crippen LogP contribution in [0.5, 0.6) is 0 Å². The Morgan fingerprint density at radius 3 is 2.12 bits per heavy atom. The quantitative estimate of drug-likeness (QED) is 0.795. The number of rotatable bonds is 4. The summed E-state index contributed by atoms with van der Waals surface area (Å²) in [5.74, 6) is 3.89. The van der Waals surface area contributed by atoms with E-state index in [1.807, 2.05) is 0 Å². The van der Waals surface area contributed by atoms with Crippen molar-refractivity contribution in [1.82, 2.24) is 0 Å². The van der Waals surface area contributed by atoms with E-state index < -0.39 is 0 Å². The van der Waals surface area contributed by atoms with Crippen LogP contribution in [0.2, 0.25) is 0 Å². The van der Waals surface area contributed by atoms with Crippen LogP contribution in [0, 0.1) is 23.7 Å². The molecule has 4 saturated carbocycles. The summed E-state index contributed by atoms with van der Waals surface area (Å²) >= 11 is 0. The Balaban J connectivity index is 1.55. The van der Waals surface area contributed by atoms with Crippen LogP contribution in [0.15, 0.2) is 0 Å². The molecule has 0 aliphatic heterocycles. The molecule has 0 heterocycles.